The van der Waals surface area contributed by atoms with Crippen molar-refractivity contribution in [3.05, 3.63) is 182 Å². The molecular weight excluding hydrogens is 575 g/mol. The van der Waals surface area contributed by atoms with Crippen molar-refractivity contribution in [1.82, 2.24) is 4.98 Å². The van der Waals surface area contributed by atoms with Crippen LogP contribution in [0, 0.1) is 11.3 Å². The number of para-hydroxylation sites is 3. The first-order valence-electron chi connectivity index (χ1n) is 15.5. The number of pyridine rings is 1. The van der Waals surface area contributed by atoms with E-state index in [0.29, 0.717) is 5.56 Å². The average molecular weight is 604 g/mol. The van der Waals surface area contributed by atoms with E-state index >= 15 is 0 Å². The second-order valence-electron chi connectivity index (χ2n) is 11.5. The lowest BCUT2D eigenvalue weighted by Crippen LogP contribution is -2.77. The summed E-state index contributed by atoms with van der Waals surface area (Å²) in [7, 11) is -2.68. The topological polar surface area (TPSA) is 39.9 Å². The molecule has 0 radical (unpaired) electrons. The van der Waals surface area contributed by atoms with E-state index in [0.717, 1.165) is 28.1 Å². The highest BCUT2D eigenvalue weighted by Gasteiger charge is 2.48. The van der Waals surface area contributed by atoms with Crippen molar-refractivity contribution in [3.63, 3.8) is 0 Å². The van der Waals surface area contributed by atoms with Crippen molar-refractivity contribution in [3.8, 4) is 28.5 Å². The lowest BCUT2D eigenvalue weighted by atomic mass is 9.98. The van der Waals surface area contributed by atoms with Crippen LogP contribution < -0.4 is 25.6 Å². The summed E-state index contributed by atoms with van der Waals surface area (Å²) in [5.41, 5.74) is 8.18. The molecule has 0 fully saturated rings. The lowest BCUT2D eigenvalue weighted by Gasteiger charge is -2.45. The van der Waals surface area contributed by atoms with E-state index in [-0.39, 0.29) is 0 Å². The number of anilines is 3. The van der Waals surface area contributed by atoms with Gasteiger partial charge in [0.05, 0.1) is 16.9 Å². The number of hydrogen-bond donors (Lipinski definition) is 0. The summed E-state index contributed by atoms with van der Waals surface area (Å²) in [4.78, 5) is 7.03. The number of nitrogens with zero attached hydrogens (tertiary/aromatic N) is 3. The highest BCUT2D eigenvalue weighted by Crippen LogP contribution is 2.43. The number of hydrogen-bond acceptors (Lipinski definition) is 3. The molecule has 2 heterocycles. The molecule has 8 rings (SSSR count). The minimum Gasteiger partial charge on any atom is -0.310 e. The van der Waals surface area contributed by atoms with E-state index in [1.807, 2.05) is 12.1 Å². The van der Waals surface area contributed by atoms with Crippen LogP contribution in [0.2, 0.25) is 0 Å². The zero-order valence-corrected chi connectivity index (χ0v) is 26.1. The third-order valence-electron chi connectivity index (χ3n) is 9.02. The van der Waals surface area contributed by atoms with Gasteiger partial charge in [-0.05, 0) is 62.7 Å². The minimum atomic E-state index is -2.68. The smallest absolute Gasteiger partial charge is 0.184 e. The zero-order chi connectivity index (χ0) is 30.9. The van der Waals surface area contributed by atoms with Gasteiger partial charge in [-0.25, -0.2) is 0 Å². The summed E-state index contributed by atoms with van der Waals surface area (Å²) in [6.45, 7) is 0. The quantitative estimate of drug-likeness (QED) is 0.192. The summed E-state index contributed by atoms with van der Waals surface area (Å²) in [6, 6.07) is 63.3. The number of rotatable bonds is 5. The SMILES string of the molecule is N#Cc1ccc(-c2cccc(-c3ccccc3N3c4ccccc4[Si](c4ccccc4)(c4ccccc4)c4ccccc43)c2)nc1. The van der Waals surface area contributed by atoms with Crippen molar-refractivity contribution < 1.29 is 0 Å². The monoisotopic (exact) mass is 603 g/mol. The highest BCUT2D eigenvalue weighted by atomic mass is 28.3. The van der Waals surface area contributed by atoms with Crippen molar-refractivity contribution in [2.24, 2.45) is 0 Å². The van der Waals surface area contributed by atoms with Crippen molar-refractivity contribution in [2.45, 2.75) is 0 Å². The third-order valence-corrected chi connectivity index (χ3v) is 13.9. The zero-order valence-electron chi connectivity index (χ0n) is 25.1. The molecule has 0 saturated carbocycles. The Morgan fingerprint density at radius 1 is 0.500 bits per heavy atom. The van der Waals surface area contributed by atoms with Gasteiger partial charge in [-0.1, -0.05) is 133 Å². The average Bonchev–Trinajstić information content (AvgIpc) is 3.15. The first-order valence-corrected chi connectivity index (χ1v) is 17.5. The highest BCUT2D eigenvalue weighted by molar-refractivity contribution is 7.21. The summed E-state index contributed by atoms with van der Waals surface area (Å²) < 4.78 is 0. The van der Waals surface area contributed by atoms with Crippen molar-refractivity contribution in [2.75, 3.05) is 4.90 Å². The van der Waals surface area contributed by atoms with E-state index in [2.05, 4.69) is 174 Å². The molecule has 0 N–H and O–H groups in total. The van der Waals surface area contributed by atoms with Gasteiger partial charge in [-0.3, -0.25) is 4.98 Å². The van der Waals surface area contributed by atoms with Crippen LogP contribution in [0.4, 0.5) is 17.1 Å². The molecule has 0 bridgehead atoms. The van der Waals surface area contributed by atoms with Crippen LogP contribution in [0.5, 0.6) is 0 Å². The Bertz CT molecular complexity index is 2130. The number of nitriles is 1. The molecule has 0 amide bonds. The van der Waals surface area contributed by atoms with Crippen LogP contribution in [0.1, 0.15) is 5.56 Å². The Kier molecular flexibility index (Phi) is 6.87. The summed E-state index contributed by atoms with van der Waals surface area (Å²) in [5, 5.41) is 14.7. The summed E-state index contributed by atoms with van der Waals surface area (Å²) in [6.07, 6.45) is 1.63. The van der Waals surface area contributed by atoms with Crippen LogP contribution in [0.15, 0.2) is 176 Å². The van der Waals surface area contributed by atoms with E-state index in [1.54, 1.807) is 6.20 Å². The second kappa shape index (κ2) is 11.5. The van der Waals surface area contributed by atoms with Gasteiger partial charge in [0, 0.05) is 28.7 Å². The Balaban J connectivity index is 1.37. The van der Waals surface area contributed by atoms with E-state index in [1.165, 1.54) is 32.1 Å². The molecule has 1 aliphatic heterocycles. The minimum absolute atomic E-state index is 0.554. The molecule has 0 unspecified atom stereocenters. The van der Waals surface area contributed by atoms with Gasteiger partial charge in [0.15, 0.2) is 8.07 Å². The van der Waals surface area contributed by atoms with E-state index in [9.17, 15) is 5.26 Å². The fraction of sp³-hybridized carbons (Fsp3) is 0. The van der Waals surface area contributed by atoms with E-state index in [4.69, 9.17) is 0 Å². The number of aromatic nitrogens is 1. The van der Waals surface area contributed by atoms with Gasteiger partial charge in [0.2, 0.25) is 0 Å². The molecule has 4 heteroatoms. The molecule has 0 aliphatic carbocycles. The molecule has 0 spiro atoms. The van der Waals surface area contributed by atoms with Gasteiger partial charge >= 0.3 is 0 Å². The summed E-state index contributed by atoms with van der Waals surface area (Å²) in [5.74, 6) is 0. The maximum absolute atomic E-state index is 9.26. The van der Waals surface area contributed by atoms with Crippen molar-refractivity contribution >= 4 is 45.9 Å². The number of fused-ring (bicyclic) bond motifs is 2. The van der Waals surface area contributed by atoms with E-state index < -0.39 is 8.07 Å². The standard InChI is InChI=1S/C42H29N3Si/c43-29-31-26-27-37(44-30-31)33-15-13-14-32(28-33)36-20-7-8-21-38(36)45-39-22-9-11-24-41(39)46(34-16-3-1-4-17-34,35-18-5-2-6-19-35)42-25-12-10-23-40(42)45/h1-28,30H. The predicted molar refractivity (Wildman–Crippen MR) is 192 cm³/mol. The maximum Gasteiger partial charge on any atom is 0.184 e. The van der Waals surface area contributed by atoms with Gasteiger partial charge < -0.3 is 4.90 Å². The maximum atomic E-state index is 9.26. The fourth-order valence-electron chi connectivity index (χ4n) is 7.06. The predicted octanol–water partition coefficient (Wildman–Crippen LogP) is 7.45. The molecule has 1 aromatic heterocycles. The van der Waals surface area contributed by atoms with Gasteiger partial charge in [-0.15, -0.1) is 0 Å². The normalized spacial score (nSPS) is 12.9. The molecule has 3 nitrogen and oxygen atoms in total. The van der Waals surface area contributed by atoms with Crippen molar-refractivity contribution in [1.29, 1.82) is 5.26 Å². The largest absolute Gasteiger partial charge is 0.310 e. The molecule has 0 atom stereocenters. The molecule has 46 heavy (non-hydrogen) atoms. The molecular formula is C42H29N3Si. The van der Waals surface area contributed by atoms with Crippen LogP contribution in [-0.2, 0) is 0 Å². The first kappa shape index (κ1) is 27.5. The lowest BCUT2D eigenvalue weighted by molar-refractivity contribution is 1.29. The van der Waals surface area contributed by atoms with Gasteiger partial charge in [0.25, 0.3) is 0 Å². The van der Waals surface area contributed by atoms with Crippen LogP contribution in [0.25, 0.3) is 22.4 Å². The molecule has 7 aromatic rings. The first-order chi connectivity index (χ1) is 22.8. The van der Waals surface area contributed by atoms with Gasteiger partial charge in [0.1, 0.15) is 6.07 Å². The Hall–Kier alpha value is -6.02. The van der Waals surface area contributed by atoms with Gasteiger partial charge in [-0.2, -0.15) is 5.26 Å². The fourth-order valence-corrected chi connectivity index (χ4v) is 12.2. The Labute approximate surface area is 270 Å². The molecule has 216 valence electrons. The summed E-state index contributed by atoms with van der Waals surface area (Å²) >= 11 is 0. The van der Waals surface area contributed by atoms with Crippen LogP contribution >= 0.6 is 0 Å². The molecule has 1 aliphatic rings. The molecule has 6 aromatic carbocycles. The molecule has 0 saturated heterocycles. The van der Waals surface area contributed by atoms with Crippen LogP contribution in [-0.4, -0.2) is 13.1 Å². The Morgan fingerprint density at radius 2 is 1.04 bits per heavy atom. The Morgan fingerprint density at radius 3 is 1.63 bits per heavy atom. The second-order valence-corrected chi connectivity index (χ2v) is 15.2. The number of benzene rings is 6. The van der Waals surface area contributed by atoms with Crippen LogP contribution in [0.3, 0.4) is 0 Å². The third kappa shape index (κ3) is 4.37.